The van der Waals surface area contributed by atoms with E-state index in [9.17, 15) is 24.0 Å². The maximum atomic E-state index is 13.4. The lowest BCUT2D eigenvalue weighted by atomic mass is 10.2. The molecule has 2 amide bonds. The zero-order chi connectivity index (χ0) is 30.3. The van der Waals surface area contributed by atoms with Gasteiger partial charge in [0.2, 0.25) is 17.8 Å². The van der Waals surface area contributed by atoms with E-state index in [1.54, 1.807) is 58.9 Å². The number of fused-ring (bicyclic) bond motifs is 1. The molecule has 0 saturated heterocycles. The summed E-state index contributed by atoms with van der Waals surface area (Å²) in [7, 11) is 0. The van der Waals surface area contributed by atoms with Crippen molar-refractivity contribution in [3.8, 4) is 0 Å². The quantitative estimate of drug-likeness (QED) is 0.280. The monoisotopic (exact) mass is 569 g/mol. The average Bonchev–Trinajstić information content (AvgIpc) is 3.29. The van der Waals surface area contributed by atoms with E-state index in [1.165, 1.54) is 10.9 Å². The number of rotatable bonds is 11. The number of carbonyl (C=O) groups excluding carboxylic acids is 4. The first-order valence-electron chi connectivity index (χ1n) is 12.9. The smallest absolute Gasteiger partial charge is 0.325 e. The number of ether oxygens (including phenoxy) is 2. The summed E-state index contributed by atoms with van der Waals surface area (Å²) in [5, 5.41) is 2.51. The zero-order valence-corrected chi connectivity index (χ0v) is 23.7. The maximum Gasteiger partial charge on any atom is 0.325 e. The van der Waals surface area contributed by atoms with E-state index in [1.807, 2.05) is 6.07 Å². The predicted molar refractivity (Wildman–Crippen MR) is 148 cm³/mol. The van der Waals surface area contributed by atoms with Crippen LogP contribution in [0.25, 0.3) is 11.2 Å². The number of nitrogens with one attached hydrogen (secondary N) is 2. The van der Waals surface area contributed by atoms with Crippen LogP contribution in [0.5, 0.6) is 0 Å². The van der Waals surface area contributed by atoms with Gasteiger partial charge in [0.05, 0.1) is 6.33 Å². The first kappa shape index (κ1) is 30.9. The average molecular weight is 570 g/mol. The fourth-order valence-corrected chi connectivity index (χ4v) is 3.52. The van der Waals surface area contributed by atoms with Crippen LogP contribution in [0.15, 0.2) is 41.5 Å². The van der Waals surface area contributed by atoms with Gasteiger partial charge in [-0.15, -0.1) is 0 Å². The molecule has 1 aromatic carbocycles. The Balaban J connectivity index is 1.82. The van der Waals surface area contributed by atoms with E-state index in [0.29, 0.717) is 0 Å². The fraction of sp³-hybridized carbons (Fsp3) is 0.444. The summed E-state index contributed by atoms with van der Waals surface area (Å²) in [6.45, 7) is 7.13. The molecule has 2 aromatic heterocycles. The molecule has 0 fully saturated rings. The summed E-state index contributed by atoms with van der Waals surface area (Å²) in [5.74, 6) is -2.95. The largest absolute Gasteiger partial charge is 0.459 e. The Morgan fingerprint density at radius 1 is 1.15 bits per heavy atom. The lowest BCUT2D eigenvalue weighted by Gasteiger charge is -2.27. The highest BCUT2D eigenvalue weighted by Gasteiger charge is 2.28. The molecule has 0 spiro atoms. The molecule has 14 nitrogen and oxygen atoms in total. The van der Waals surface area contributed by atoms with Gasteiger partial charge in [-0.1, -0.05) is 44.2 Å². The Kier molecular flexibility index (Phi) is 9.94. The van der Waals surface area contributed by atoms with E-state index in [4.69, 9.17) is 15.2 Å². The molecule has 0 aliphatic rings. The Morgan fingerprint density at radius 2 is 1.83 bits per heavy atom. The summed E-state index contributed by atoms with van der Waals surface area (Å²) in [6, 6.07) is 7.74. The standard InChI is InChI=1S/C27H35N7O7/c1-16(2)23(37)31-26-30-22-21(24(38)32-26)29-15-34(22)12-19(35)33(11-18(28)25(39)41-27(3,4)5)13-20(36)40-14-17-9-7-6-8-10-17/h6-10,15-16,18H,11-14,28H2,1-5H3,(H2,30,31,32,37,38). The number of nitrogens with two attached hydrogens (primary N) is 1. The van der Waals surface area contributed by atoms with Crippen LogP contribution in [0.1, 0.15) is 40.2 Å². The lowest BCUT2D eigenvalue weighted by molar-refractivity contribution is -0.159. The highest BCUT2D eigenvalue weighted by molar-refractivity contribution is 5.91. The summed E-state index contributed by atoms with van der Waals surface area (Å²) in [6.07, 6.45) is 1.23. The number of carbonyl (C=O) groups is 4. The van der Waals surface area contributed by atoms with Crippen molar-refractivity contribution in [2.24, 2.45) is 11.7 Å². The van der Waals surface area contributed by atoms with E-state index >= 15 is 0 Å². The fourth-order valence-electron chi connectivity index (χ4n) is 3.52. The van der Waals surface area contributed by atoms with Crippen molar-refractivity contribution in [2.75, 3.05) is 18.4 Å². The third-order valence-corrected chi connectivity index (χ3v) is 5.59. The molecule has 2 heterocycles. The number of esters is 2. The van der Waals surface area contributed by atoms with Crippen LogP contribution in [0.2, 0.25) is 0 Å². The van der Waals surface area contributed by atoms with Crippen LogP contribution in [0, 0.1) is 5.92 Å². The molecule has 0 saturated carbocycles. The minimum atomic E-state index is -1.25. The van der Waals surface area contributed by atoms with Crippen LogP contribution >= 0.6 is 0 Å². The predicted octanol–water partition coefficient (Wildman–Crippen LogP) is 0.955. The molecule has 14 heteroatoms. The van der Waals surface area contributed by atoms with Crippen molar-refractivity contribution < 1.29 is 28.7 Å². The minimum absolute atomic E-state index is 0.0104. The van der Waals surface area contributed by atoms with Crippen LogP contribution < -0.4 is 16.6 Å². The highest BCUT2D eigenvalue weighted by Crippen LogP contribution is 2.12. The third-order valence-electron chi connectivity index (χ3n) is 5.59. The molecule has 1 unspecified atom stereocenters. The second kappa shape index (κ2) is 13.2. The second-order valence-electron chi connectivity index (χ2n) is 10.7. The molecule has 3 rings (SSSR count). The van der Waals surface area contributed by atoms with E-state index < -0.39 is 48.1 Å². The number of benzene rings is 1. The maximum absolute atomic E-state index is 13.4. The number of aromatic nitrogens is 4. The van der Waals surface area contributed by atoms with Crippen molar-refractivity contribution in [3.05, 3.63) is 52.6 Å². The van der Waals surface area contributed by atoms with Crippen molar-refractivity contribution in [3.63, 3.8) is 0 Å². The molecule has 0 radical (unpaired) electrons. The van der Waals surface area contributed by atoms with Gasteiger partial charge >= 0.3 is 11.9 Å². The van der Waals surface area contributed by atoms with Gasteiger partial charge in [-0.25, -0.2) is 4.98 Å². The second-order valence-corrected chi connectivity index (χ2v) is 10.7. The van der Waals surface area contributed by atoms with Crippen molar-refractivity contribution in [2.45, 2.75) is 59.4 Å². The molecule has 0 bridgehead atoms. The SMILES string of the molecule is CC(C)C(=O)Nc1nc2c(ncn2CC(=O)N(CC(=O)OCc2ccccc2)CC(N)C(=O)OC(C)(C)C)c(=O)[nH]1. The molecule has 1 atom stereocenters. The highest BCUT2D eigenvalue weighted by atomic mass is 16.6. The van der Waals surface area contributed by atoms with Gasteiger partial charge in [0.15, 0.2) is 11.2 Å². The summed E-state index contributed by atoms with van der Waals surface area (Å²) in [4.78, 5) is 75.0. The number of hydrogen-bond donors (Lipinski definition) is 3. The van der Waals surface area contributed by atoms with Crippen LogP contribution in [-0.4, -0.2) is 72.9 Å². The zero-order valence-electron chi connectivity index (χ0n) is 23.7. The number of imidazole rings is 1. The number of nitrogens with zero attached hydrogens (tertiary/aromatic N) is 4. The normalized spacial score (nSPS) is 12.2. The Labute approximate surface area is 236 Å². The molecule has 41 heavy (non-hydrogen) atoms. The molecular weight excluding hydrogens is 534 g/mol. The van der Waals surface area contributed by atoms with E-state index in [2.05, 4.69) is 20.3 Å². The van der Waals surface area contributed by atoms with Crippen LogP contribution in [0.3, 0.4) is 0 Å². The van der Waals surface area contributed by atoms with E-state index in [0.717, 1.165) is 10.5 Å². The number of anilines is 1. The van der Waals surface area contributed by atoms with Crippen LogP contribution in [-0.2, 0) is 41.8 Å². The number of aromatic amines is 1. The Bertz CT molecular complexity index is 1460. The van der Waals surface area contributed by atoms with E-state index in [-0.39, 0.29) is 42.1 Å². The van der Waals surface area contributed by atoms with Gasteiger partial charge < -0.3 is 24.7 Å². The van der Waals surface area contributed by atoms with Crippen molar-refractivity contribution in [1.82, 2.24) is 24.4 Å². The third kappa shape index (κ3) is 8.96. The molecule has 3 aromatic rings. The lowest BCUT2D eigenvalue weighted by Crippen LogP contribution is -2.49. The van der Waals surface area contributed by atoms with Gasteiger partial charge in [0.1, 0.15) is 31.3 Å². The van der Waals surface area contributed by atoms with Gasteiger partial charge in [-0.05, 0) is 26.3 Å². The van der Waals surface area contributed by atoms with Gasteiger partial charge in [-0.3, -0.25) is 34.3 Å². The number of H-pyrrole nitrogens is 1. The topological polar surface area (TPSA) is 192 Å². The van der Waals surface area contributed by atoms with Gasteiger partial charge in [0.25, 0.3) is 5.56 Å². The van der Waals surface area contributed by atoms with Crippen LogP contribution in [0.4, 0.5) is 5.95 Å². The van der Waals surface area contributed by atoms with Crippen molar-refractivity contribution in [1.29, 1.82) is 0 Å². The summed E-state index contributed by atoms with van der Waals surface area (Å²) in [5.41, 5.74) is 5.34. The molecular formula is C27H35N7O7. The first-order valence-corrected chi connectivity index (χ1v) is 12.9. The summed E-state index contributed by atoms with van der Waals surface area (Å²) < 4.78 is 11.9. The Morgan fingerprint density at radius 3 is 2.46 bits per heavy atom. The summed E-state index contributed by atoms with van der Waals surface area (Å²) >= 11 is 0. The molecule has 220 valence electrons. The molecule has 0 aliphatic carbocycles. The Hall–Kier alpha value is -4.59. The van der Waals surface area contributed by atoms with Crippen molar-refractivity contribution >= 4 is 40.9 Å². The van der Waals surface area contributed by atoms with Gasteiger partial charge in [-0.2, -0.15) is 4.98 Å². The number of amides is 2. The van der Waals surface area contributed by atoms with Gasteiger partial charge in [0, 0.05) is 12.5 Å². The number of hydrogen-bond acceptors (Lipinski definition) is 10. The molecule has 4 N–H and O–H groups in total. The first-order chi connectivity index (χ1) is 19.2. The molecule has 0 aliphatic heterocycles. The minimum Gasteiger partial charge on any atom is -0.459 e.